The van der Waals surface area contributed by atoms with Gasteiger partial charge in [0, 0.05) is 11.4 Å². The first-order chi connectivity index (χ1) is 23.8. The summed E-state index contributed by atoms with van der Waals surface area (Å²) in [5.74, 6) is -4.80. The van der Waals surface area contributed by atoms with Gasteiger partial charge in [-0.3, -0.25) is 19.2 Å². The lowest BCUT2D eigenvalue weighted by Gasteiger charge is -2.34. The maximum atomic E-state index is 13.3. The predicted molar refractivity (Wildman–Crippen MR) is 187 cm³/mol. The molecule has 0 saturated heterocycles. The van der Waals surface area contributed by atoms with Crippen LogP contribution in [0.1, 0.15) is 73.6 Å². The van der Waals surface area contributed by atoms with Crippen molar-refractivity contribution in [1.29, 1.82) is 0 Å². The van der Waals surface area contributed by atoms with Crippen LogP contribution in [0.3, 0.4) is 0 Å². The van der Waals surface area contributed by atoms with Gasteiger partial charge in [-0.2, -0.15) is 0 Å². The third-order valence-electron chi connectivity index (χ3n) is 11.0. The van der Waals surface area contributed by atoms with E-state index in [4.69, 9.17) is 0 Å². The normalized spacial score (nSPS) is 22.3. The maximum absolute atomic E-state index is 13.3. The quantitative estimate of drug-likeness (QED) is 0.135. The van der Waals surface area contributed by atoms with E-state index in [2.05, 4.69) is 34.9 Å². The summed E-state index contributed by atoms with van der Waals surface area (Å²) < 4.78 is 0. The van der Waals surface area contributed by atoms with Gasteiger partial charge in [-0.1, -0.05) is 98.5 Å². The number of fused-ring (bicyclic) bond motifs is 3. The number of carboxylic acid groups (broad SMARTS) is 2. The Hall–Kier alpha value is -5.24. The highest BCUT2D eigenvalue weighted by molar-refractivity contribution is 5.96. The Bertz CT molecular complexity index is 1760. The van der Waals surface area contributed by atoms with E-state index in [9.17, 15) is 29.4 Å². The van der Waals surface area contributed by atoms with Gasteiger partial charge >= 0.3 is 11.9 Å². The minimum absolute atomic E-state index is 0.258. The minimum atomic E-state index is -0.917. The molecule has 4 aromatic rings. The van der Waals surface area contributed by atoms with Crippen molar-refractivity contribution < 1.29 is 29.4 Å². The molecule has 49 heavy (non-hydrogen) atoms. The lowest BCUT2D eigenvalue weighted by Crippen LogP contribution is -2.36. The molecule has 0 bridgehead atoms. The van der Waals surface area contributed by atoms with E-state index in [1.54, 1.807) is 0 Å². The van der Waals surface area contributed by atoms with Crippen LogP contribution in [0, 0.1) is 23.7 Å². The number of carboxylic acids is 2. The molecule has 2 amide bonds. The van der Waals surface area contributed by atoms with Crippen LogP contribution in [0.15, 0.2) is 97.1 Å². The first-order valence-electron chi connectivity index (χ1n) is 17.3. The monoisotopic (exact) mass is 656 g/mol. The minimum Gasteiger partial charge on any atom is -0.481 e. The summed E-state index contributed by atoms with van der Waals surface area (Å²) in [6.45, 7) is 0. The molecular formula is C41H40N2O6. The van der Waals surface area contributed by atoms with Gasteiger partial charge in [-0.25, -0.2) is 0 Å². The van der Waals surface area contributed by atoms with E-state index in [0.29, 0.717) is 37.1 Å². The zero-order valence-electron chi connectivity index (χ0n) is 27.2. The average molecular weight is 657 g/mol. The molecule has 0 spiro atoms. The fraction of sp³-hybridized carbons (Fsp3) is 0.317. The fourth-order valence-corrected chi connectivity index (χ4v) is 8.58. The second kappa shape index (κ2) is 13.3. The van der Waals surface area contributed by atoms with Gasteiger partial charge in [-0.05, 0) is 83.3 Å². The topological polar surface area (TPSA) is 133 Å². The second-order valence-electron chi connectivity index (χ2n) is 13.6. The van der Waals surface area contributed by atoms with Crippen molar-refractivity contribution in [3.05, 3.63) is 119 Å². The van der Waals surface area contributed by atoms with Crippen molar-refractivity contribution in [2.45, 2.75) is 56.8 Å². The molecular weight excluding hydrogens is 616 g/mol. The van der Waals surface area contributed by atoms with Gasteiger partial charge in [0.25, 0.3) is 0 Å². The van der Waals surface area contributed by atoms with Crippen molar-refractivity contribution in [3.8, 4) is 11.1 Å². The summed E-state index contributed by atoms with van der Waals surface area (Å²) in [4.78, 5) is 50.2. The fourth-order valence-electron chi connectivity index (χ4n) is 8.58. The number of benzene rings is 4. The van der Waals surface area contributed by atoms with Gasteiger partial charge < -0.3 is 20.8 Å². The maximum Gasteiger partial charge on any atom is 0.307 e. The van der Waals surface area contributed by atoms with Gasteiger partial charge in [0.1, 0.15) is 0 Å². The third kappa shape index (κ3) is 5.79. The van der Waals surface area contributed by atoms with E-state index >= 15 is 0 Å². The van der Waals surface area contributed by atoms with Crippen molar-refractivity contribution in [2.75, 3.05) is 10.6 Å². The number of hydrogen-bond acceptors (Lipinski definition) is 4. The van der Waals surface area contributed by atoms with Gasteiger partial charge in [0.05, 0.1) is 29.1 Å². The first kappa shape index (κ1) is 32.3. The van der Waals surface area contributed by atoms with Crippen LogP contribution in [0.5, 0.6) is 0 Å². The van der Waals surface area contributed by atoms with Crippen LogP contribution in [-0.2, 0) is 24.6 Å². The van der Waals surface area contributed by atoms with Crippen molar-refractivity contribution >= 4 is 35.1 Å². The standard InChI is InChI=1S/C41H40N2O6/c44-37(31-11-1-3-13-33(31)39(46)47)42-27-21-17-25(18-22-27)41(35-15-7-5-9-29(35)30-10-6-8-16-36(30)41)26-19-23-28(24-20-26)43-38(45)32-12-2-4-14-34(32)40(48)49/h5-10,15-24,31-34H,1-4,11-14H2,(H,42,44)(H,43,45)(H,46,47)(H,48,49)/t31-,32-,33-,34+/m0/s1. The lowest BCUT2D eigenvalue weighted by atomic mass is 9.67. The molecule has 8 nitrogen and oxygen atoms in total. The van der Waals surface area contributed by atoms with E-state index in [1.165, 1.54) is 0 Å². The molecule has 4 atom stereocenters. The highest BCUT2D eigenvalue weighted by Crippen LogP contribution is 2.56. The number of carbonyl (C=O) groups excluding carboxylic acids is 2. The molecule has 0 aliphatic heterocycles. The Labute approximate surface area is 285 Å². The molecule has 3 aliphatic carbocycles. The van der Waals surface area contributed by atoms with Crippen molar-refractivity contribution in [2.24, 2.45) is 23.7 Å². The van der Waals surface area contributed by atoms with Crippen LogP contribution in [-0.4, -0.2) is 34.0 Å². The second-order valence-corrected chi connectivity index (χ2v) is 13.6. The summed E-state index contributed by atoms with van der Waals surface area (Å²) in [6, 6.07) is 32.3. The predicted octanol–water partition coefficient (Wildman–Crippen LogP) is 7.71. The van der Waals surface area contributed by atoms with Crippen LogP contribution in [0.25, 0.3) is 11.1 Å². The Balaban J connectivity index is 1.23. The average Bonchev–Trinajstić information content (AvgIpc) is 3.43. The molecule has 4 aromatic carbocycles. The molecule has 4 N–H and O–H groups in total. The number of hydrogen-bond donors (Lipinski definition) is 4. The Kier molecular flexibility index (Phi) is 8.80. The van der Waals surface area contributed by atoms with E-state index in [0.717, 1.165) is 59.1 Å². The molecule has 0 heterocycles. The van der Waals surface area contributed by atoms with Gasteiger partial charge in [0.2, 0.25) is 11.8 Å². The number of anilines is 2. The van der Waals surface area contributed by atoms with Crippen LogP contribution in [0.2, 0.25) is 0 Å². The molecule has 8 heteroatoms. The smallest absolute Gasteiger partial charge is 0.307 e. The SMILES string of the molecule is O=C(O)[C@H]1CCCC[C@@H]1C(=O)Nc1ccc(C2(c3ccc(NC(=O)[C@H]4CCCC[C@H]4C(=O)O)cc3)c3ccccc3-c3ccccc32)cc1. The van der Waals surface area contributed by atoms with Crippen molar-refractivity contribution in [3.63, 3.8) is 0 Å². The number of carbonyl (C=O) groups is 4. The zero-order valence-corrected chi connectivity index (χ0v) is 27.2. The molecule has 7 rings (SSSR count). The number of aliphatic carboxylic acids is 2. The van der Waals surface area contributed by atoms with E-state index in [-0.39, 0.29) is 11.8 Å². The first-order valence-corrected chi connectivity index (χ1v) is 17.3. The van der Waals surface area contributed by atoms with Crippen LogP contribution >= 0.6 is 0 Å². The number of rotatable bonds is 8. The van der Waals surface area contributed by atoms with Crippen LogP contribution < -0.4 is 10.6 Å². The zero-order chi connectivity index (χ0) is 34.1. The lowest BCUT2D eigenvalue weighted by molar-refractivity contribution is -0.148. The molecule has 0 unspecified atom stereocenters. The molecule has 2 saturated carbocycles. The summed E-state index contributed by atoms with van der Waals surface area (Å²) in [6.07, 6.45) is 5.48. The number of nitrogens with one attached hydrogen (secondary N) is 2. The Morgan fingerprint density at radius 3 is 1.20 bits per heavy atom. The van der Waals surface area contributed by atoms with Gasteiger partial charge in [0.15, 0.2) is 0 Å². The molecule has 2 fully saturated rings. The highest BCUT2D eigenvalue weighted by Gasteiger charge is 2.46. The Morgan fingerprint density at radius 2 is 0.837 bits per heavy atom. The molecule has 3 aliphatic rings. The number of amides is 2. The van der Waals surface area contributed by atoms with E-state index < -0.39 is 41.0 Å². The Morgan fingerprint density at radius 1 is 0.490 bits per heavy atom. The summed E-state index contributed by atoms with van der Waals surface area (Å²) in [5, 5.41) is 25.4. The van der Waals surface area contributed by atoms with Gasteiger partial charge in [-0.15, -0.1) is 0 Å². The summed E-state index contributed by atoms with van der Waals surface area (Å²) in [5.41, 5.74) is 6.99. The summed E-state index contributed by atoms with van der Waals surface area (Å²) >= 11 is 0. The molecule has 250 valence electrons. The summed E-state index contributed by atoms with van der Waals surface area (Å²) in [7, 11) is 0. The van der Waals surface area contributed by atoms with Crippen molar-refractivity contribution in [1.82, 2.24) is 0 Å². The molecule has 0 aromatic heterocycles. The highest BCUT2D eigenvalue weighted by atomic mass is 16.4. The third-order valence-corrected chi connectivity index (χ3v) is 11.0. The largest absolute Gasteiger partial charge is 0.481 e. The molecule has 0 radical (unpaired) electrons. The van der Waals surface area contributed by atoms with E-state index in [1.807, 2.05) is 72.8 Å². The van der Waals surface area contributed by atoms with Crippen LogP contribution in [0.4, 0.5) is 11.4 Å².